The number of nitrogens with zero attached hydrogens (tertiary/aromatic N) is 1. The van der Waals surface area contributed by atoms with Crippen molar-refractivity contribution >= 4 is 11.9 Å². The second kappa shape index (κ2) is 3.81. The molecule has 2 aliphatic rings. The van der Waals surface area contributed by atoms with Crippen molar-refractivity contribution in [3.8, 4) is 0 Å². The molecule has 2 fully saturated rings. The van der Waals surface area contributed by atoms with Crippen molar-refractivity contribution in [1.82, 2.24) is 4.90 Å². The lowest BCUT2D eigenvalue weighted by Gasteiger charge is -2.31. The van der Waals surface area contributed by atoms with E-state index in [0.29, 0.717) is 26.1 Å². The predicted octanol–water partition coefficient (Wildman–Crippen LogP) is -0.0456. The van der Waals surface area contributed by atoms with Crippen LogP contribution in [0.25, 0.3) is 0 Å². The van der Waals surface area contributed by atoms with E-state index in [-0.39, 0.29) is 17.9 Å². The van der Waals surface area contributed by atoms with E-state index < -0.39 is 11.9 Å². The highest BCUT2D eigenvalue weighted by Gasteiger charge is 2.50. The smallest absolute Gasteiger partial charge is 0.307 e. The number of amides is 1. The fraction of sp³-hybridized carbons (Fsp3) is 0.800. The topological polar surface area (TPSA) is 66.8 Å². The van der Waals surface area contributed by atoms with Crippen LogP contribution in [0.5, 0.6) is 0 Å². The Morgan fingerprint density at radius 2 is 2.13 bits per heavy atom. The van der Waals surface area contributed by atoms with Crippen LogP contribution in [-0.4, -0.2) is 47.7 Å². The summed E-state index contributed by atoms with van der Waals surface area (Å²) < 4.78 is 5.32. The van der Waals surface area contributed by atoms with Gasteiger partial charge in [0.25, 0.3) is 0 Å². The van der Waals surface area contributed by atoms with Gasteiger partial charge in [0.2, 0.25) is 5.91 Å². The molecule has 0 aromatic rings. The van der Waals surface area contributed by atoms with Gasteiger partial charge in [-0.1, -0.05) is 0 Å². The van der Waals surface area contributed by atoms with Crippen LogP contribution in [-0.2, 0) is 14.3 Å². The lowest BCUT2D eigenvalue weighted by atomic mass is 10.2. The quantitative estimate of drug-likeness (QED) is 0.698. The summed E-state index contributed by atoms with van der Waals surface area (Å²) in [7, 11) is 0. The monoisotopic (exact) mass is 213 g/mol. The molecule has 1 aliphatic heterocycles. The summed E-state index contributed by atoms with van der Waals surface area (Å²) in [4.78, 5) is 24.2. The van der Waals surface area contributed by atoms with Gasteiger partial charge in [-0.05, 0) is 13.3 Å². The molecule has 1 amide bonds. The van der Waals surface area contributed by atoms with Gasteiger partial charge in [0, 0.05) is 13.1 Å². The summed E-state index contributed by atoms with van der Waals surface area (Å²) >= 11 is 0. The van der Waals surface area contributed by atoms with Crippen molar-refractivity contribution in [2.24, 2.45) is 11.8 Å². The maximum Gasteiger partial charge on any atom is 0.307 e. The molecule has 5 nitrogen and oxygen atoms in total. The first-order valence-electron chi connectivity index (χ1n) is 5.23. The molecule has 1 heterocycles. The third-order valence-electron chi connectivity index (χ3n) is 2.98. The van der Waals surface area contributed by atoms with Crippen LogP contribution in [0.2, 0.25) is 0 Å². The molecule has 15 heavy (non-hydrogen) atoms. The summed E-state index contributed by atoms with van der Waals surface area (Å²) in [6.07, 6.45) is 0.560. The largest absolute Gasteiger partial charge is 0.481 e. The maximum atomic E-state index is 11.8. The Hall–Kier alpha value is -1.10. The number of rotatable bonds is 2. The van der Waals surface area contributed by atoms with E-state index in [1.54, 1.807) is 4.90 Å². The van der Waals surface area contributed by atoms with Gasteiger partial charge in [0.05, 0.1) is 24.5 Å². The fourth-order valence-electron chi connectivity index (χ4n) is 1.99. The van der Waals surface area contributed by atoms with Crippen LogP contribution in [0.1, 0.15) is 13.3 Å². The normalized spacial score (nSPS) is 35.0. The number of aliphatic carboxylic acids is 1. The van der Waals surface area contributed by atoms with E-state index >= 15 is 0 Å². The Labute approximate surface area is 88.0 Å². The van der Waals surface area contributed by atoms with Crippen LogP contribution >= 0.6 is 0 Å². The first-order chi connectivity index (χ1) is 7.09. The predicted molar refractivity (Wildman–Crippen MR) is 51.2 cm³/mol. The summed E-state index contributed by atoms with van der Waals surface area (Å²) in [5, 5.41) is 8.73. The lowest BCUT2D eigenvalue weighted by Crippen LogP contribution is -2.45. The molecular weight excluding hydrogens is 198 g/mol. The number of morpholine rings is 1. The molecule has 1 N–H and O–H groups in total. The number of hydrogen-bond donors (Lipinski definition) is 1. The van der Waals surface area contributed by atoms with Gasteiger partial charge in [0.1, 0.15) is 0 Å². The van der Waals surface area contributed by atoms with Crippen molar-refractivity contribution in [3.05, 3.63) is 0 Å². The molecule has 5 heteroatoms. The summed E-state index contributed by atoms with van der Waals surface area (Å²) in [6, 6.07) is 0. The molecule has 84 valence electrons. The molecule has 1 saturated heterocycles. The van der Waals surface area contributed by atoms with E-state index in [9.17, 15) is 9.59 Å². The zero-order valence-electron chi connectivity index (χ0n) is 8.68. The molecule has 3 unspecified atom stereocenters. The molecule has 2 rings (SSSR count). The third-order valence-corrected chi connectivity index (χ3v) is 2.98. The van der Waals surface area contributed by atoms with E-state index in [1.165, 1.54) is 0 Å². The molecule has 3 atom stereocenters. The van der Waals surface area contributed by atoms with Crippen LogP contribution in [0.3, 0.4) is 0 Å². The molecule has 0 radical (unpaired) electrons. The van der Waals surface area contributed by atoms with Crippen molar-refractivity contribution in [2.45, 2.75) is 19.4 Å². The van der Waals surface area contributed by atoms with Gasteiger partial charge >= 0.3 is 5.97 Å². The number of carbonyl (C=O) groups excluding carboxylic acids is 1. The molecular formula is C10H15NO4. The van der Waals surface area contributed by atoms with Crippen LogP contribution in [0, 0.1) is 11.8 Å². The van der Waals surface area contributed by atoms with E-state index in [0.717, 1.165) is 0 Å². The highest BCUT2D eigenvalue weighted by Crippen LogP contribution is 2.40. The lowest BCUT2D eigenvalue weighted by molar-refractivity contribution is -0.144. The highest BCUT2D eigenvalue weighted by atomic mass is 16.5. The second-order valence-electron chi connectivity index (χ2n) is 4.25. The van der Waals surface area contributed by atoms with E-state index in [2.05, 4.69) is 0 Å². The zero-order chi connectivity index (χ0) is 11.0. The number of carbonyl (C=O) groups is 2. The minimum absolute atomic E-state index is 0.0162. The van der Waals surface area contributed by atoms with Gasteiger partial charge in [-0.2, -0.15) is 0 Å². The maximum absolute atomic E-state index is 11.8. The summed E-state index contributed by atoms with van der Waals surface area (Å²) in [6.45, 7) is 3.64. The third kappa shape index (κ3) is 2.12. The first kappa shape index (κ1) is 10.4. The fourth-order valence-corrected chi connectivity index (χ4v) is 1.99. The summed E-state index contributed by atoms with van der Waals surface area (Å²) in [5.41, 5.74) is 0. The molecule has 0 aromatic heterocycles. The Bertz CT molecular complexity index is 291. The van der Waals surface area contributed by atoms with E-state index in [4.69, 9.17) is 9.84 Å². The number of hydrogen-bond acceptors (Lipinski definition) is 3. The molecule has 1 saturated carbocycles. The Balaban J connectivity index is 1.89. The molecule has 0 aromatic carbocycles. The van der Waals surface area contributed by atoms with E-state index in [1.807, 2.05) is 6.92 Å². The number of carboxylic acids is 1. The Morgan fingerprint density at radius 1 is 1.40 bits per heavy atom. The van der Waals surface area contributed by atoms with Crippen molar-refractivity contribution in [2.75, 3.05) is 19.7 Å². The van der Waals surface area contributed by atoms with Crippen molar-refractivity contribution in [3.63, 3.8) is 0 Å². The minimum atomic E-state index is -0.852. The molecule has 1 aliphatic carbocycles. The van der Waals surface area contributed by atoms with Gasteiger partial charge in [0.15, 0.2) is 0 Å². The number of ether oxygens (including phenoxy) is 1. The van der Waals surface area contributed by atoms with Crippen LogP contribution in [0.15, 0.2) is 0 Å². The van der Waals surface area contributed by atoms with Crippen molar-refractivity contribution < 1.29 is 19.4 Å². The average molecular weight is 213 g/mol. The van der Waals surface area contributed by atoms with Crippen molar-refractivity contribution in [1.29, 1.82) is 0 Å². The zero-order valence-corrected chi connectivity index (χ0v) is 8.68. The Kier molecular flexibility index (Phi) is 2.65. The SMILES string of the molecule is CC1CN(C(=O)C2CC2C(=O)O)CCO1. The Morgan fingerprint density at radius 3 is 2.67 bits per heavy atom. The average Bonchev–Trinajstić information content (AvgIpc) is 2.96. The van der Waals surface area contributed by atoms with Crippen LogP contribution in [0.4, 0.5) is 0 Å². The second-order valence-corrected chi connectivity index (χ2v) is 4.25. The summed E-state index contributed by atoms with van der Waals surface area (Å²) in [5.74, 6) is -1.60. The minimum Gasteiger partial charge on any atom is -0.481 e. The molecule has 0 spiro atoms. The van der Waals surface area contributed by atoms with Gasteiger partial charge in [-0.25, -0.2) is 0 Å². The van der Waals surface area contributed by atoms with Gasteiger partial charge in [-0.3, -0.25) is 9.59 Å². The van der Waals surface area contributed by atoms with Gasteiger partial charge < -0.3 is 14.7 Å². The number of carboxylic acid groups (broad SMARTS) is 1. The highest BCUT2D eigenvalue weighted by molar-refractivity contribution is 5.89. The van der Waals surface area contributed by atoms with Crippen LogP contribution < -0.4 is 0 Å². The standard InChI is InChI=1S/C10H15NO4/c1-6-5-11(2-3-15-6)9(12)7-4-8(7)10(13)14/h6-8H,2-5H2,1H3,(H,13,14). The first-order valence-corrected chi connectivity index (χ1v) is 5.23. The molecule has 0 bridgehead atoms. The van der Waals surface area contributed by atoms with Gasteiger partial charge in [-0.15, -0.1) is 0 Å².